The van der Waals surface area contributed by atoms with E-state index in [-0.39, 0.29) is 11.4 Å². The highest BCUT2D eigenvalue weighted by atomic mass is 32.1. The van der Waals surface area contributed by atoms with E-state index in [1.54, 1.807) is 11.3 Å². The number of thiophene rings is 1. The quantitative estimate of drug-likeness (QED) is 0.464. The number of aryl methyl sites for hydroxylation is 1. The molecule has 1 aromatic carbocycles. The molecular formula is C18H16N4O5S. The highest BCUT2D eigenvalue weighted by Gasteiger charge is 2.54. The summed E-state index contributed by atoms with van der Waals surface area (Å²) in [6.07, 6.45) is 2.13. The van der Waals surface area contributed by atoms with Crippen LogP contribution in [0.1, 0.15) is 23.3 Å². The van der Waals surface area contributed by atoms with Gasteiger partial charge in [-0.15, -0.1) is 11.3 Å². The Bertz CT molecular complexity index is 1000. The molecule has 1 aliphatic heterocycles. The SMILES string of the molecule is O=C(CN1C(=O)N[C@]2(CCCc3sccc32)C1=O)Nc1cccc([N+](=O)[O-])c1. The third-order valence-corrected chi connectivity index (χ3v) is 5.96. The maximum absolute atomic E-state index is 13.1. The van der Waals surface area contributed by atoms with E-state index in [4.69, 9.17) is 0 Å². The van der Waals surface area contributed by atoms with Crippen LogP contribution >= 0.6 is 11.3 Å². The van der Waals surface area contributed by atoms with Crippen molar-refractivity contribution in [3.8, 4) is 0 Å². The van der Waals surface area contributed by atoms with E-state index in [1.807, 2.05) is 11.4 Å². The van der Waals surface area contributed by atoms with Crippen molar-refractivity contribution < 1.29 is 19.3 Å². The van der Waals surface area contributed by atoms with Gasteiger partial charge in [0.05, 0.1) is 4.92 Å². The van der Waals surface area contributed by atoms with Crippen molar-refractivity contribution in [2.24, 2.45) is 0 Å². The molecule has 9 nitrogen and oxygen atoms in total. The number of carbonyl (C=O) groups is 3. The van der Waals surface area contributed by atoms with E-state index < -0.39 is 34.9 Å². The smallest absolute Gasteiger partial charge is 0.324 e. The number of nitro groups is 1. The zero-order valence-electron chi connectivity index (χ0n) is 14.6. The van der Waals surface area contributed by atoms with Gasteiger partial charge in [0, 0.05) is 28.3 Å². The molecule has 28 heavy (non-hydrogen) atoms. The standard InChI is InChI=1S/C18H16N4O5S/c23-15(19-11-3-1-4-12(9-11)22(26)27)10-21-16(24)18(20-17(21)25)7-2-5-14-13(18)6-8-28-14/h1,3-4,6,8-9H,2,5,7,10H2,(H,19,23)(H,20,25)/t18-/m0/s1. The molecule has 0 bridgehead atoms. The Morgan fingerprint density at radius 1 is 1.36 bits per heavy atom. The average molecular weight is 400 g/mol. The average Bonchev–Trinajstić information content (AvgIpc) is 3.23. The van der Waals surface area contributed by atoms with E-state index in [1.165, 1.54) is 24.3 Å². The zero-order chi connectivity index (χ0) is 19.9. The van der Waals surface area contributed by atoms with Crippen LogP contribution in [-0.2, 0) is 21.5 Å². The molecule has 4 amide bonds. The summed E-state index contributed by atoms with van der Waals surface area (Å²) in [7, 11) is 0. The normalized spacial score (nSPS) is 20.8. The number of fused-ring (bicyclic) bond motifs is 2. The Morgan fingerprint density at radius 3 is 2.96 bits per heavy atom. The van der Waals surface area contributed by atoms with Crippen LogP contribution in [0.5, 0.6) is 0 Å². The summed E-state index contributed by atoms with van der Waals surface area (Å²) >= 11 is 1.55. The lowest BCUT2D eigenvalue weighted by Crippen LogP contribution is -2.46. The van der Waals surface area contributed by atoms with E-state index >= 15 is 0 Å². The van der Waals surface area contributed by atoms with Gasteiger partial charge >= 0.3 is 6.03 Å². The van der Waals surface area contributed by atoms with Crippen LogP contribution in [0.2, 0.25) is 0 Å². The molecule has 144 valence electrons. The van der Waals surface area contributed by atoms with Gasteiger partial charge in [-0.2, -0.15) is 0 Å². The number of nitrogens with zero attached hydrogens (tertiary/aromatic N) is 2. The Labute approximate surface area is 163 Å². The Hall–Kier alpha value is -3.27. The van der Waals surface area contributed by atoms with Crippen LogP contribution < -0.4 is 10.6 Å². The highest BCUT2D eigenvalue weighted by molar-refractivity contribution is 7.10. The summed E-state index contributed by atoms with van der Waals surface area (Å²) in [4.78, 5) is 50.1. The lowest BCUT2D eigenvalue weighted by Gasteiger charge is -2.31. The lowest BCUT2D eigenvalue weighted by molar-refractivity contribution is -0.384. The fraction of sp³-hybridized carbons (Fsp3) is 0.278. The van der Waals surface area contributed by atoms with Gasteiger partial charge in [-0.05, 0) is 36.8 Å². The second-order valence-electron chi connectivity index (χ2n) is 6.69. The molecule has 1 fully saturated rings. The van der Waals surface area contributed by atoms with Crippen molar-refractivity contribution in [3.05, 3.63) is 56.3 Å². The second-order valence-corrected chi connectivity index (χ2v) is 7.69. The molecule has 1 aromatic heterocycles. The van der Waals surface area contributed by atoms with Gasteiger partial charge in [0.2, 0.25) is 5.91 Å². The molecule has 2 aliphatic rings. The molecular weight excluding hydrogens is 384 g/mol. The van der Waals surface area contributed by atoms with Gasteiger partial charge in [-0.25, -0.2) is 4.79 Å². The number of nitro benzene ring substituents is 1. The van der Waals surface area contributed by atoms with Crippen molar-refractivity contribution in [1.82, 2.24) is 10.2 Å². The number of carbonyl (C=O) groups excluding carboxylic acids is 3. The molecule has 2 heterocycles. The third kappa shape index (κ3) is 2.91. The van der Waals surface area contributed by atoms with Gasteiger partial charge in [-0.3, -0.25) is 24.6 Å². The van der Waals surface area contributed by atoms with Gasteiger partial charge < -0.3 is 10.6 Å². The van der Waals surface area contributed by atoms with Crippen LogP contribution in [0.15, 0.2) is 35.7 Å². The predicted octanol–water partition coefficient (Wildman–Crippen LogP) is 2.38. The number of non-ortho nitro benzene ring substituents is 1. The maximum Gasteiger partial charge on any atom is 0.325 e. The summed E-state index contributed by atoms with van der Waals surface area (Å²) in [6, 6.07) is 6.69. The molecule has 1 saturated heterocycles. The number of anilines is 1. The van der Waals surface area contributed by atoms with Crippen molar-refractivity contribution >= 4 is 40.6 Å². The minimum Gasteiger partial charge on any atom is -0.324 e. The monoisotopic (exact) mass is 400 g/mol. The molecule has 1 spiro atoms. The van der Waals surface area contributed by atoms with Crippen molar-refractivity contribution in [2.75, 3.05) is 11.9 Å². The van der Waals surface area contributed by atoms with Crippen LogP contribution in [-0.4, -0.2) is 34.2 Å². The molecule has 4 rings (SSSR count). The van der Waals surface area contributed by atoms with Crippen LogP contribution in [0.25, 0.3) is 0 Å². The van der Waals surface area contributed by atoms with Gasteiger partial charge in [-0.1, -0.05) is 6.07 Å². The molecule has 2 aromatic rings. The summed E-state index contributed by atoms with van der Waals surface area (Å²) < 4.78 is 0. The molecule has 0 saturated carbocycles. The first kappa shape index (κ1) is 18.1. The maximum atomic E-state index is 13.1. The minimum atomic E-state index is -1.10. The number of nitrogens with one attached hydrogen (secondary N) is 2. The number of hydrogen-bond donors (Lipinski definition) is 2. The fourth-order valence-corrected chi connectivity index (χ4v) is 4.73. The number of hydrogen-bond acceptors (Lipinski definition) is 6. The van der Waals surface area contributed by atoms with Crippen molar-refractivity contribution in [1.29, 1.82) is 0 Å². The number of imide groups is 1. The summed E-state index contributed by atoms with van der Waals surface area (Å²) in [5.74, 6) is -1.05. The van der Waals surface area contributed by atoms with Crippen molar-refractivity contribution in [2.45, 2.75) is 24.8 Å². The zero-order valence-corrected chi connectivity index (χ0v) is 15.5. The molecule has 0 radical (unpaired) electrons. The predicted molar refractivity (Wildman–Crippen MR) is 101 cm³/mol. The highest BCUT2D eigenvalue weighted by Crippen LogP contribution is 2.42. The number of benzene rings is 1. The first-order chi connectivity index (χ1) is 13.4. The van der Waals surface area contributed by atoms with Gasteiger partial charge in [0.25, 0.3) is 11.6 Å². The van der Waals surface area contributed by atoms with E-state index in [2.05, 4.69) is 10.6 Å². The van der Waals surface area contributed by atoms with Gasteiger partial charge in [0.15, 0.2) is 0 Å². The molecule has 1 aliphatic carbocycles. The Balaban J connectivity index is 1.51. The Kier molecular flexibility index (Phi) is 4.34. The van der Waals surface area contributed by atoms with E-state index in [0.717, 1.165) is 28.2 Å². The molecule has 2 N–H and O–H groups in total. The molecule has 0 unspecified atom stereocenters. The lowest BCUT2D eigenvalue weighted by atomic mass is 9.80. The molecule has 1 atom stereocenters. The first-order valence-corrected chi connectivity index (χ1v) is 9.54. The summed E-state index contributed by atoms with van der Waals surface area (Å²) in [6.45, 7) is -0.464. The van der Waals surface area contributed by atoms with E-state index in [0.29, 0.717) is 6.42 Å². The summed E-state index contributed by atoms with van der Waals surface area (Å²) in [5, 5.41) is 18.0. The van der Waals surface area contributed by atoms with Crippen LogP contribution in [0.4, 0.5) is 16.2 Å². The van der Waals surface area contributed by atoms with Gasteiger partial charge in [0.1, 0.15) is 12.1 Å². The van der Waals surface area contributed by atoms with E-state index in [9.17, 15) is 24.5 Å². The topological polar surface area (TPSA) is 122 Å². The van der Waals surface area contributed by atoms with Crippen LogP contribution in [0.3, 0.4) is 0 Å². The Morgan fingerprint density at radius 2 is 2.18 bits per heavy atom. The third-order valence-electron chi connectivity index (χ3n) is 4.98. The number of amides is 4. The number of urea groups is 1. The largest absolute Gasteiger partial charge is 0.325 e. The minimum absolute atomic E-state index is 0.168. The fourth-order valence-electron chi connectivity index (χ4n) is 3.73. The summed E-state index contributed by atoms with van der Waals surface area (Å²) in [5.41, 5.74) is -0.238. The number of rotatable bonds is 4. The van der Waals surface area contributed by atoms with Crippen LogP contribution in [0, 0.1) is 10.1 Å². The first-order valence-electron chi connectivity index (χ1n) is 8.66. The second kappa shape index (κ2) is 6.71. The van der Waals surface area contributed by atoms with Crippen molar-refractivity contribution in [3.63, 3.8) is 0 Å². The molecule has 10 heteroatoms.